The summed E-state index contributed by atoms with van der Waals surface area (Å²) in [5.41, 5.74) is 9.91. The van der Waals surface area contributed by atoms with Crippen molar-refractivity contribution in [2.45, 2.75) is 38.0 Å². The second-order valence-electron chi connectivity index (χ2n) is 5.48. The Morgan fingerprint density at radius 3 is 2.67 bits per heavy atom. The summed E-state index contributed by atoms with van der Waals surface area (Å²) in [5, 5.41) is 2.03. The average molecular weight is 263 g/mol. The number of aryl methyl sites for hydroxylation is 1. The van der Waals surface area contributed by atoms with Crippen molar-refractivity contribution in [3.05, 3.63) is 34.5 Å². The maximum Gasteiger partial charge on any atom is 0.0648 e. The van der Waals surface area contributed by atoms with Gasteiger partial charge in [0.05, 0.1) is 10.5 Å². The number of aromatic amines is 1. The maximum absolute atomic E-state index is 6.28. The van der Waals surface area contributed by atoms with Gasteiger partial charge in [0.1, 0.15) is 0 Å². The molecule has 96 valence electrons. The quantitative estimate of drug-likeness (QED) is 0.847. The van der Waals surface area contributed by atoms with Gasteiger partial charge in [-0.25, -0.2) is 0 Å². The highest BCUT2D eigenvalue weighted by molar-refractivity contribution is 6.35. The van der Waals surface area contributed by atoms with Crippen molar-refractivity contribution >= 4 is 22.5 Å². The first-order valence-electron chi connectivity index (χ1n) is 6.65. The monoisotopic (exact) mass is 262 g/mol. The zero-order valence-corrected chi connectivity index (χ0v) is 11.5. The average Bonchev–Trinajstić information content (AvgIpc) is 2.97. The minimum atomic E-state index is 0.145. The molecule has 1 aromatic heterocycles. The van der Waals surface area contributed by atoms with E-state index in [1.807, 2.05) is 12.1 Å². The van der Waals surface area contributed by atoms with Crippen LogP contribution in [0.5, 0.6) is 0 Å². The Morgan fingerprint density at radius 2 is 2.06 bits per heavy atom. The number of nitrogens with one attached hydrogen (secondary N) is 1. The third-order valence-electron chi connectivity index (χ3n) is 4.52. The van der Waals surface area contributed by atoms with Gasteiger partial charge >= 0.3 is 0 Å². The van der Waals surface area contributed by atoms with E-state index in [1.165, 1.54) is 42.3 Å². The summed E-state index contributed by atoms with van der Waals surface area (Å²) in [5.74, 6) is 0. The van der Waals surface area contributed by atoms with Crippen LogP contribution in [0, 0.1) is 6.92 Å². The minimum absolute atomic E-state index is 0.145. The maximum atomic E-state index is 6.28. The molecule has 1 fully saturated rings. The van der Waals surface area contributed by atoms with Gasteiger partial charge in [0.15, 0.2) is 0 Å². The molecule has 3 N–H and O–H groups in total. The van der Waals surface area contributed by atoms with Gasteiger partial charge in [0, 0.05) is 23.0 Å². The topological polar surface area (TPSA) is 41.8 Å². The van der Waals surface area contributed by atoms with Crippen LogP contribution in [0.15, 0.2) is 18.2 Å². The molecule has 1 heterocycles. The Kier molecular flexibility index (Phi) is 2.87. The molecule has 0 spiro atoms. The Bertz CT molecular complexity index is 579. The van der Waals surface area contributed by atoms with Gasteiger partial charge in [0.2, 0.25) is 0 Å². The van der Waals surface area contributed by atoms with Crippen molar-refractivity contribution in [2.24, 2.45) is 5.73 Å². The zero-order chi connectivity index (χ0) is 12.8. The number of nitrogens with two attached hydrogens (primary N) is 1. The zero-order valence-electron chi connectivity index (χ0n) is 10.7. The lowest BCUT2D eigenvalue weighted by atomic mass is 9.81. The first kappa shape index (κ1) is 12.1. The third-order valence-corrected chi connectivity index (χ3v) is 4.84. The molecule has 0 atom stereocenters. The summed E-state index contributed by atoms with van der Waals surface area (Å²) >= 11 is 6.28. The summed E-state index contributed by atoms with van der Waals surface area (Å²) in [6.07, 6.45) is 4.93. The number of benzene rings is 1. The van der Waals surface area contributed by atoms with Crippen molar-refractivity contribution in [1.29, 1.82) is 0 Å². The molecule has 2 aromatic rings. The highest BCUT2D eigenvalue weighted by Gasteiger charge is 2.37. The summed E-state index contributed by atoms with van der Waals surface area (Å²) < 4.78 is 0. The SMILES string of the molecule is Cc1c(C2(CN)CCCC2)[nH]c2c(Cl)cccc12. The summed E-state index contributed by atoms with van der Waals surface area (Å²) in [6.45, 7) is 2.90. The van der Waals surface area contributed by atoms with E-state index in [1.54, 1.807) is 0 Å². The molecule has 3 rings (SSSR count). The largest absolute Gasteiger partial charge is 0.356 e. The fourth-order valence-corrected chi connectivity index (χ4v) is 3.68. The molecule has 0 bridgehead atoms. The van der Waals surface area contributed by atoms with E-state index in [0.29, 0.717) is 0 Å². The van der Waals surface area contributed by atoms with E-state index in [9.17, 15) is 0 Å². The van der Waals surface area contributed by atoms with E-state index >= 15 is 0 Å². The number of H-pyrrole nitrogens is 1. The van der Waals surface area contributed by atoms with Crippen LogP contribution < -0.4 is 5.73 Å². The molecule has 1 aromatic carbocycles. The lowest BCUT2D eigenvalue weighted by molar-refractivity contribution is 0.440. The molecular formula is C15H19ClN2. The summed E-state index contributed by atoms with van der Waals surface area (Å²) in [7, 11) is 0. The molecule has 1 aliphatic rings. The number of fused-ring (bicyclic) bond motifs is 1. The number of hydrogen-bond donors (Lipinski definition) is 2. The lowest BCUT2D eigenvalue weighted by Gasteiger charge is -2.27. The van der Waals surface area contributed by atoms with Gasteiger partial charge in [-0.15, -0.1) is 0 Å². The first-order valence-corrected chi connectivity index (χ1v) is 7.03. The van der Waals surface area contributed by atoms with Gasteiger partial charge in [-0.05, 0) is 31.4 Å². The van der Waals surface area contributed by atoms with Crippen molar-refractivity contribution in [1.82, 2.24) is 4.98 Å². The Labute approximate surface area is 113 Å². The van der Waals surface area contributed by atoms with Gasteiger partial charge in [-0.2, -0.15) is 0 Å². The number of halogens is 1. The van der Waals surface area contributed by atoms with Crippen molar-refractivity contribution in [3.8, 4) is 0 Å². The van der Waals surface area contributed by atoms with Crippen molar-refractivity contribution in [3.63, 3.8) is 0 Å². The van der Waals surface area contributed by atoms with E-state index in [2.05, 4.69) is 18.0 Å². The summed E-state index contributed by atoms with van der Waals surface area (Å²) in [4.78, 5) is 3.55. The number of aromatic nitrogens is 1. The molecule has 3 heteroatoms. The van der Waals surface area contributed by atoms with Gasteiger partial charge < -0.3 is 10.7 Å². The van der Waals surface area contributed by atoms with E-state index in [0.717, 1.165) is 17.1 Å². The normalized spacial score (nSPS) is 18.6. The highest BCUT2D eigenvalue weighted by atomic mass is 35.5. The van der Waals surface area contributed by atoms with Crippen LogP contribution in [0.1, 0.15) is 36.9 Å². The molecule has 0 amide bonds. The van der Waals surface area contributed by atoms with Crippen molar-refractivity contribution < 1.29 is 0 Å². The number of para-hydroxylation sites is 1. The number of rotatable bonds is 2. The predicted molar refractivity (Wildman–Crippen MR) is 77.2 cm³/mol. The lowest BCUT2D eigenvalue weighted by Crippen LogP contribution is -2.33. The Morgan fingerprint density at radius 1 is 1.33 bits per heavy atom. The molecule has 0 aliphatic heterocycles. The van der Waals surface area contributed by atoms with Crippen LogP contribution in [-0.2, 0) is 5.41 Å². The van der Waals surface area contributed by atoms with Gasteiger partial charge in [0.25, 0.3) is 0 Å². The van der Waals surface area contributed by atoms with E-state index in [4.69, 9.17) is 17.3 Å². The Balaban J connectivity index is 2.23. The van der Waals surface area contributed by atoms with Crippen LogP contribution in [-0.4, -0.2) is 11.5 Å². The molecule has 0 saturated heterocycles. The molecule has 0 radical (unpaired) electrons. The van der Waals surface area contributed by atoms with Gasteiger partial charge in [-0.1, -0.05) is 36.6 Å². The highest BCUT2D eigenvalue weighted by Crippen LogP contribution is 2.43. The molecule has 0 unspecified atom stereocenters. The Hall–Kier alpha value is -0.990. The van der Waals surface area contributed by atoms with Crippen LogP contribution in [0.3, 0.4) is 0 Å². The van der Waals surface area contributed by atoms with Gasteiger partial charge in [-0.3, -0.25) is 0 Å². The van der Waals surface area contributed by atoms with E-state index in [-0.39, 0.29) is 5.41 Å². The standard InChI is InChI=1S/C15H19ClN2/c1-10-11-5-4-6-12(16)13(11)18-14(10)15(9-17)7-2-3-8-15/h4-6,18H,2-3,7-9,17H2,1H3. The van der Waals surface area contributed by atoms with Crippen LogP contribution in [0.25, 0.3) is 10.9 Å². The fraction of sp³-hybridized carbons (Fsp3) is 0.467. The number of hydrogen-bond acceptors (Lipinski definition) is 1. The fourth-order valence-electron chi connectivity index (χ4n) is 3.46. The first-order chi connectivity index (χ1) is 8.68. The third kappa shape index (κ3) is 1.59. The predicted octanol–water partition coefficient (Wildman–Crippen LogP) is 3.90. The smallest absolute Gasteiger partial charge is 0.0648 e. The van der Waals surface area contributed by atoms with Crippen LogP contribution in [0.2, 0.25) is 5.02 Å². The van der Waals surface area contributed by atoms with E-state index < -0.39 is 0 Å². The van der Waals surface area contributed by atoms with Crippen LogP contribution in [0.4, 0.5) is 0 Å². The second-order valence-corrected chi connectivity index (χ2v) is 5.89. The molecule has 2 nitrogen and oxygen atoms in total. The van der Waals surface area contributed by atoms with Crippen LogP contribution >= 0.6 is 11.6 Å². The molecule has 1 saturated carbocycles. The molecule has 1 aliphatic carbocycles. The van der Waals surface area contributed by atoms with Crippen molar-refractivity contribution in [2.75, 3.05) is 6.54 Å². The molecular weight excluding hydrogens is 244 g/mol. The second kappa shape index (κ2) is 4.29. The molecule has 18 heavy (non-hydrogen) atoms. The minimum Gasteiger partial charge on any atom is -0.356 e. The summed E-state index contributed by atoms with van der Waals surface area (Å²) in [6, 6.07) is 6.09.